The van der Waals surface area contributed by atoms with Gasteiger partial charge in [0.2, 0.25) is 0 Å². The molecule has 0 N–H and O–H groups in total. The van der Waals surface area contributed by atoms with E-state index >= 15 is 0 Å². The van der Waals surface area contributed by atoms with Crippen LogP contribution in [0.1, 0.15) is 5.56 Å². The van der Waals surface area contributed by atoms with Crippen LogP contribution in [0.5, 0.6) is 0 Å². The van der Waals surface area contributed by atoms with E-state index < -0.39 is 10.0 Å². The number of hydrogen-bond donors (Lipinski definition) is 0. The van der Waals surface area contributed by atoms with Gasteiger partial charge in [0.05, 0.1) is 10.6 Å². The van der Waals surface area contributed by atoms with Crippen LogP contribution >= 0.6 is 0 Å². The maximum Gasteiger partial charge on any atom is 0.264 e. The van der Waals surface area contributed by atoms with Gasteiger partial charge < -0.3 is 9.80 Å². The van der Waals surface area contributed by atoms with Gasteiger partial charge in [-0.15, -0.1) is 0 Å². The Labute approximate surface area is 149 Å². The molecule has 0 radical (unpaired) electrons. The topological polar surface area (TPSA) is 43.9 Å². The van der Waals surface area contributed by atoms with Crippen molar-refractivity contribution in [2.45, 2.75) is 11.3 Å². The van der Waals surface area contributed by atoms with Gasteiger partial charge in [0, 0.05) is 38.4 Å². The summed E-state index contributed by atoms with van der Waals surface area (Å²) in [7, 11) is -1.34. The highest BCUT2D eigenvalue weighted by Gasteiger charge is 2.31. The number of hydrogen-bond acceptors (Lipinski definition) is 4. The van der Waals surface area contributed by atoms with Gasteiger partial charge in [-0.25, -0.2) is 8.42 Å². The molecule has 6 heteroatoms. The quantitative estimate of drug-likeness (QED) is 0.845. The summed E-state index contributed by atoms with van der Waals surface area (Å²) >= 11 is 0. The van der Waals surface area contributed by atoms with Crippen molar-refractivity contribution >= 4 is 21.4 Å². The zero-order valence-electron chi connectivity index (χ0n) is 14.4. The fourth-order valence-corrected chi connectivity index (χ4v) is 5.11. The van der Waals surface area contributed by atoms with Crippen LogP contribution in [0.2, 0.25) is 0 Å². The fourth-order valence-electron chi connectivity index (χ4n) is 3.59. The van der Waals surface area contributed by atoms with Crippen molar-refractivity contribution in [1.82, 2.24) is 4.90 Å². The first-order valence-corrected chi connectivity index (χ1v) is 10.1. The van der Waals surface area contributed by atoms with Crippen molar-refractivity contribution < 1.29 is 8.42 Å². The number of sulfonamides is 1. The minimum atomic E-state index is -3.48. The number of benzene rings is 2. The molecule has 2 aliphatic heterocycles. The molecule has 1 fully saturated rings. The van der Waals surface area contributed by atoms with Gasteiger partial charge in [-0.1, -0.05) is 18.2 Å². The van der Waals surface area contributed by atoms with Gasteiger partial charge in [0.1, 0.15) is 0 Å². The molecule has 2 heterocycles. The largest absolute Gasteiger partial charge is 0.369 e. The second kappa shape index (κ2) is 6.35. The van der Waals surface area contributed by atoms with Crippen molar-refractivity contribution in [2.24, 2.45) is 0 Å². The molecule has 2 aromatic carbocycles. The van der Waals surface area contributed by atoms with Gasteiger partial charge >= 0.3 is 0 Å². The summed E-state index contributed by atoms with van der Waals surface area (Å²) in [4.78, 5) is 5.07. The van der Waals surface area contributed by atoms with Gasteiger partial charge in [0.25, 0.3) is 10.0 Å². The van der Waals surface area contributed by atoms with Crippen LogP contribution in [0.15, 0.2) is 53.4 Å². The number of nitrogens with zero attached hydrogens (tertiary/aromatic N) is 3. The molecule has 0 bridgehead atoms. The van der Waals surface area contributed by atoms with Crippen LogP contribution in [0.25, 0.3) is 0 Å². The summed E-state index contributed by atoms with van der Waals surface area (Å²) in [5.74, 6) is 0. The Morgan fingerprint density at radius 3 is 2.32 bits per heavy atom. The summed E-state index contributed by atoms with van der Waals surface area (Å²) in [6.07, 6.45) is 0.767. The van der Waals surface area contributed by atoms with E-state index in [4.69, 9.17) is 0 Å². The smallest absolute Gasteiger partial charge is 0.264 e. The van der Waals surface area contributed by atoms with Crippen LogP contribution in [0, 0.1) is 0 Å². The molecule has 2 aliphatic rings. The summed E-state index contributed by atoms with van der Waals surface area (Å²) in [6.45, 7) is 4.67. The third-order valence-corrected chi connectivity index (χ3v) is 6.94. The number of anilines is 2. The van der Waals surface area contributed by atoms with Crippen LogP contribution in [-0.2, 0) is 16.4 Å². The van der Waals surface area contributed by atoms with E-state index in [0.29, 0.717) is 11.4 Å². The molecule has 132 valence electrons. The lowest BCUT2D eigenvalue weighted by molar-refractivity contribution is 0.313. The van der Waals surface area contributed by atoms with Crippen molar-refractivity contribution in [3.63, 3.8) is 0 Å². The lowest BCUT2D eigenvalue weighted by Gasteiger charge is -2.34. The molecule has 1 saturated heterocycles. The molecule has 5 nitrogen and oxygen atoms in total. The normalized spacial score (nSPS) is 18.4. The Hall–Kier alpha value is -2.05. The molecule has 4 rings (SSSR count). The van der Waals surface area contributed by atoms with E-state index in [-0.39, 0.29) is 0 Å². The van der Waals surface area contributed by atoms with Gasteiger partial charge in [-0.2, -0.15) is 0 Å². The van der Waals surface area contributed by atoms with Gasteiger partial charge in [-0.3, -0.25) is 4.31 Å². The van der Waals surface area contributed by atoms with E-state index in [1.54, 1.807) is 28.6 Å². The third-order valence-electron chi connectivity index (χ3n) is 5.12. The number of piperazine rings is 1. The van der Waals surface area contributed by atoms with E-state index in [1.807, 2.05) is 12.1 Å². The maximum absolute atomic E-state index is 12.9. The molecule has 0 aromatic heterocycles. The van der Waals surface area contributed by atoms with Gasteiger partial charge in [-0.05, 0) is 49.4 Å². The Morgan fingerprint density at radius 1 is 0.880 bits per heavy atom. The molecular weight excluding hydrogens is 334 g/mol. The average molecular weight is 357 g/mol. The fraction of sp³-hybridized carbons (Fsp3) is 0.368. The van der Waals surface area contributed by atoms with Gasteiger partial charge in [0.15, 0.2) is 0 Å². The SMILES string of the molecule is CN1CCN(c2ccc3c(c2)CCN3S(=O)(=O)c2ccccc2)CC1. The lowest BCUT2D eigenvalue weighted by atomic mass is 10.1. The van der Waals surface area contributed by atoms with E-state index in [2.05, 4.69) is 29.0 Å². The van der Waals surface area contributed by atoms with Crippen LogP contribution in [-0.4, -0.2) is 53.1 Å². The van der Waals surface area contributed by atoms with Crippen molar-refractivity contribution in [3.8, 4) is 0 Å². The van der Waals surface area contributed by atoms with Crippen LogP contribution < -0.4 is 9.21 Å². The zero-order chi connectivity index (χ0) is 17.4. The second-order valence-electron chi connectivity index (χ2n) is 6.74. The molecule has 0 amide bonds. The molecule has 0 saturated carbocycles. The standard InChI is InChI=1S/C19H23N3O2S/c1-20-11-13-21(14-12-20)17-7-8-19-16(15-17)9-10-22(19)25(23,24)18-5-3-2-4-6-18/h2-8,15H,9-14H2,1H3. The van der Waals surface area contributed by atoms with Crippen LogP contribution in [0.4, 0.5) is 11.4 Å². The predicted molar refractivity (Wildman–Crippen MR) is 101 cm³/mol. The first-order chi connectivity index (χ1) is 12.1. The summed E-state index contributed by atoms with van der Waals surface area (Å²) in [5.41, 5.74) is 3.14. The molecule has 0 aliphatic carbocycles. The van der Waals surface area contributed by atoms with Crippen molar-refractivity contribution in [3.05, 3.63) is 54.1 Å². The highest BCUT2D eigenvalue weighted by atomic mass is 32.2. The minimum Gasteiger partial charge on any atom is -0.369 e. The minimum absolute atomic E-state index is 0.353. The highest BCUT2D eigenvalue weighted by Crippen LogP contribution is 2.35. The number of fused-ring (bicyclic) bond motifs is 1. The Kier molecular flexibility index (Phi) is 4.17. The highest BCUT2D eigenvalue weighted by molar-refractivity contribution is 7.92. The maximum atomic E-state index is 12.9. The Morgan fingerprint density at radius 2 is 1.60 bits per heavy atom. The van der Waals surface area contributed by atoms with E-state index in [1.165, 1.54) is 5.69 Å². The molecule has 0 unspecified atom stereocenters. The van der Waals surface area contributed by atoms with Crippen molar-refractivity contribution in [1.29, 1.82) is 0 Å². The Balaban J connectivity index is 1.62. The molecule has 25 heavy (non-hydrogen) atoms. The first kappa shape index (κ1) is 16.4. The second-order valence-corrected chi connectivity index (χ2v) is 8.61. The zero-order valence-corrected chi connectivity index (χ0v) is 15.2. The molecular formula is C19H23N3O2S. The summed E-state index contributed by atoms with van der Waals surface area (Å²) < 4.78 is 27.4. The third kappa shape index (κ3) is 3.00. The number of likely N-dealkylation sites (N-methyl/N-ethyl adjacent to an activating group) is 1. The van der Waals surface area contributed by atoms with E-state index in [9.17, 15) is 8.42 Å². The van der Waals surface area contributed by atoms with Crippen molar-refractivity contribution in [2.75, 3.05) is 49.0 Å². The number of rotatable bonds is 3. The molecule has 0 spiro atoms. The summed E-state index contributed by atoms with van der Waals surface area (Å²) in [6, 6.07) is 14.9. The monoisotopic (exact) mass is 357 g/mol. The molecule has 0 atom stereocenters. The Bertz CT molecular complexity index is 859. The van der Waals surface area contributed by atoms with Crippen LogP contribution in [0.3, 0.4) is 0 Å². The predicted octanol–water partition coefficient (Wildman–Crippen LogP) is 2.19. The average Bonchev–Trinajstić information content (AvgIpc) is 3.07. The lowest BCUT2D eigenvalue weighted by Crippen LogP contribution is -2.44. The van der Waals surface area contributed by atoms with E-state index in [0.717, 1.165) is 43.9 Å². The first-order valence-electron chi connectivity index (χ1n) is 8.70. The summed E-state index contributed by atoms with van der Waals surface area (Å²) in [5, 5.41) is 0. The molecule has 2 aromatic rings.